The Morgan fingerprint density at radius 1 is 1.59 bits per heavy atom. The minimum Gasteiger partial charge on any atom is -0.394 e. The van der Waals surface area contributed by atoms with E-state index >= 15 is 0 Å². The number of aromatic nitrogens is 1. The van der Waals surface area contributed by atoms with Gasteiger partial charge in [0.05, 0.1) is 13.2 Å². The summed E-state index contributed by atoms with van der Waals surface area (Å²) in [5, 5.41) is 15.3. The fourth-order valence-electron chi connectivity index (χ4n) is 2.36. The molecule has 6 nitrogen and oxygen atoms in total. The molecule has 124 valence electrons. The highest BCUT2D eigenvalue weighted by Gasteiger charge is 2.25. The maximum absolute atomic E-state index is 13.7. The van der Waals surface area contributed by atoms with Crippen LogP contribution in [0.5, 0.6) is 0 Å². The molecule has 2 rings (SSSR count). The van der Waals surface area contributed by atoms with Gasteiger partial charge in [-0.15, -0.1) is 24.0 Å². The SMILES string of the molecule is CCNC(=NCCO)NC1CCN(c2ncccc2F)C1.I. The summed E-state index contributed by atoms with van der Waals surface area (Å²) in [6, 6.07) is 3.20. The molecule has 0 spiro atoms. The Labute approximate surface area is 147 Å². The summed E-state index contributed by atoms with van der Waals surface area (Å²) >= 11 is 0. The van der Waals surface area contributed by atoms with Crippen LogP contribution in [0.3, 0.4) is 0 Å². The van der Waals surface area contributed by atoms with Gasteiger partial charge >= 0.3 is 0 Å². The molecule has 8 heteroatoms. The van der Waals surface area contributed by atoms with Gasteiger partial charge < -0.3 is 20.6 Å². The lowest BCUT2D eigenvalue weighted by Gasteiger charge is -2.19. The summed E-state index contributed by atoms with van der Waals surface area (Å²) in [5.41, 5.74) is 0. The Bertz CT molecular complexity index is 488. The number of rotatable bonds is 5. The Morgan fingerprint density at radius 2 is 2.41 bits per heavy atom. The first-order chi connectivity index (χ1) is 10.2. The molecule has 1 aliphatic rings. The molecule has 1 aliphatic heterocycles. The molecule has 1 unspecified atom stereocenters. The van der Waals surface area contributed by atoms with E-state index in [2.05, 4.69) is 20.6 Å². The fraction of sp³-hybridized carbons (Fsp3) is 0.571. The normalized spacial score (nSPS) is 18.0. The summed E-state index contributed by atoms with van der Waals surface area (Å²) in [5.74, 6) is 0.790. The number of halogens is 2. The molecule has 1 aromatic rings. The summed E-state index contributed by atoms with van der Waals surface area (Å²) in [6.45, 7) is 4.55. The predicted octanol–water partition coefficient (Wildman–Crippen LogP) is 0.965. The lowest BCUT2D eigenvalue weighted by Crippen LogP contribution is -2.44. The maximum Gasteiger partial charge on any atom is 0.191 e. The van der Waals surface area contributed by atoms with Crippen molar-refractivity contribution in [3.05, 3.63) is 24.1 Å². The van der Waals surface area contributed by atoms with Crippen molar-refractivity contribution in [2.45, 2.75) is 19.4 Å². The number of hydrogen-bond acceptors (Lipinski definition) is 4. The van der Waals surface area contributed by atoms with Crippen molar-refractivity contribution in [2.75, 3.05) is 37.7 Å². The minimum absolute atomic E-state index is 0. The van der Waals surface area contributed by atoms with Crippen LogP contribution in [0.25, 0.3) is 0 Å². The van der Waals surface area contributed by atoms with Crippen LogP contribution in [0, 0.1) is 5.82 Å². The number of guanidine groups is 1. The van der Waals surface area contributed by atoms with E-state index in [-0.39, 0.29) is 42.4 Å². The zero-order chi connectivity index (χ0) is 15.1. The zero-order valence-corrected chi connectivity index (χ0v) is 15.0. The average molecular weight is 423 g/mol. The van der Waals surface area contributed by atoms with Crippen molar-refractivity contribution in [1.82, 2.24) is 15.6 Å². The molecule has 22 heavy (non-hydrogen) atoms. The second-order valence-electron chi connectivity index (χ2n) is 4.87. The monoisotopic (exact) mass is 423 g/mol. The van der Waals surface area contributed by atoms with Gasteiger partial charge in [-0.05, 0) is 25.5 Å². The lowest BCUT2D eigenvalue weighted by atomic mass is 10.3. The molecule has 1 fully saturated rings. The Kier molecular flexibility index (Phi) is 8.39. The highest BCUT2D eigenvalue weighted by atomic mass is 127. The Morgan fingerprint density at radius 3 is 3.09 bits per heavy atom. The van der Waals surface area contributed by atoms with E-state index in [4.69, 9.17) is 5.11 Å². The van der Waals surface area contributed by atoms with E-state index in [0.717, 1.165) is 19.5 Å². The van der Waals surface area contributed by atoms with Crippen molar-refractivity contribution in [3.63, 3.8) is 0 Å². The summed E-state index contributed by atoms with van der Waals surface area (Å²) < 4.78 is 13.7. The quantitative estimate of drug-likeness (QED) is 0.374. The van der Waals surface area contributed by atoms with Crippen LogP contribution in [-0.2, 0) is 0 Å². The molecular weight excluding hydrogens is 400 g/mol. The number of aliphatic hydroxyl groups excluding tert-OH is 1. The topological polar surface area (TPSA) is 72.8 Å². The van der Waals surface area contributed by atoms with Crippen LogP contribution < -0.4 is 15.5 Å². The van der Waals surface area contributed by atoms with Gasteiger partial charge in [-0.3, -0.25) is 4.99 Å². The molecule has 0 saturated carbocycles. The molecule has 0 bridgehead atoms. The summed E-state index contributed by atoms with van der Waals surface area (Å²) in [7, 11) is 0. The molecule has 1 aromatic heterocycles. The minimum atomic E-state index is -0.293. The highest BCUT2D eigenvalue weighted by Crippen LogP contribution is 2.20. The molecule has 1 atom stereocenters. The maximum atomic E-state index is 13.7. The smallest absolute Gasteiger partial charge is 0.191 e. The molecular formula is C14H23FIN5O. The van der Waals surface area contributed by atoms with E-state index in [1.807, 2.05) is 11.8 Å². The van der Waals surface area contributed by atoms with E-state index in [0.29, 0.717) is 24.9 Å². The lowest BCUT2D eigenvalue weighted by molar-refractivity contribution is 0.306. The van der Waals surface area contributed by atoms with Gasteiger partial charge in [0.25, 0.3) is 0 Å². The average Bonchev–Trinajstić information content (AvgIpc) is 2.94. The second kappa shape index (κ2) is 9.78. The van der Waals surface area contributed by atoms with E-state index in [1.165, 1.54) is 6.07 Å². The Balaban J connectivity index is 0.00000242. The number of hydrogen-bond donors (Lipinski definition) is 3. The fourth-order valence-corrected chi connectivity index (χ4v) is 2.36. The van der Waals surface area contributed by atoms with Gasteiger partial charge in [0.2, 0.25) is 0 Å². The number of anilines is 1. The van der Waals surface area contributed by atoms with Crippen LogP contribution in [0.1, 0.15) is 13.3 Å². The van der Waals surface area contributed by atoms with Gasteiger partial charge in [-0.1, -0.05) is 0 Å². The Hall–Kier alpha value is -1.16. The molecule has 0 aromatic carbocycles. The van der Waals surface area contributed by atoms with Crippen molar-refractivity contribution in [1.29, 1.82) is 0 Å². The van der Waals surface area contributed by atoms with Crippen molar-refractivity contribution in [2.24, 2.45) is 4.99 Å². The van der Waals surface area contributed by atoms with Crippen LogP contribution in [0.4, 0.5) is 10.2 Å². The van der Waals surface area contributed by atoms with E-state index in [1.54, 1.807) is 12.3 Å². The second-order valence-corrected chi connectivity index (χ2v) is 4.87. The van der Waals surface area contributed by atoms with Gasteiger partial charge in [-0.25, -0.2) is 9.37 Å². The first-order valence-corrected chi connectivity index (χ1v) is 7.25. The molecule has 2 heterocycles. The molecule has 0 radical (unpaired) electrons. The number of nitrogens with one attached hydrogen (secondary N) is 2. The third kappa shape index (κ3) is 5.24. The van der Waals surface area contributed by atoms with E-state index in [9.17, 15) is 4.39 Å². The van der Waals surface area contributed by atoms with Crippen LogP contribution in [0.2, 0.25) is 0 Å². The number of nitrogens with zero attached hydrogens (tertiary/aromatic N) is 3. The summed E-state index contributed by atoms with van der Waals surface area (Å²) in [6.07, 6.45) is 2.49. The zero-order valence-electron chi connectivity index (χ0n) is 12.6. The van der Waals surface area contributed by atoms with Gasteiger partial charge in [0.1, 0.15) is 0 Å². The van der Waals surface area contributed by atoms with Gasteiger partial charge in [-0.2, -0.15) is 0 Å². The van der Waals surface area contributed by atoms with Crippen molar-refractivity contribution >= 4 is 35.8 Å². The number of aliphatic imine (C=N–C) groups is 1. The third-order valence-corrected chi connectivity index (χ3v) is 3.28. The van der Waals surface area contributed by atoms with Gasteiger partial charge in [0, 0.05) is 31.9 Å². The van der Waals surface area contributed by atoms with Crippen LogP contribution in [-0.4, -0.2) is 54.9 Å². The molecule has 1 saturated heterocycles. The predicted molar refractivity (Wildman–Crippen MR) is 96.4 cm³/mol. The van der Waals surface area contributed by atoms with Crippen molar-refractivity contribution in [3.8, 4) is 0 Å². The number of aliphatic hydroxyl groups is 1. The highest BCUT2D eigenvalue weighted by molar-refractivity contribution is 14.0. The first kappa shape index (κ1) is 18.9. The third-order valence-electron chi connectivity index (χ3n) is 3.28. The van der Waals surface area contributed by atoms with Crippen LogP contribution >= 0.6 is 24.0 Å². The largest absolute Gasteiger partial charge is 0.394 e. The van der Waals surface area contributed by atoms with E-state index < -0.39 is 0 Å². The summed E-state index contributed by atoms with van der Waals surface area (Å²) in [4.78, 5) is 10.3. The standard InChI is InChI=1S/C14H22FN5O.HI/c1-2-16-14(18-7-9-21)19-11-5-8-20(10-11)13-12(15)4-3-6-17-13;/h3-4,6,11,21H,2,5,7-10H2,1H3,(H2,16,18,19);1H. The van der Waals surface area contributed by atoms with Crippen molar-refractivity contribution < 1.29 is 9.50 Å². The first-order valence-electron chi connectivity index (χ1n) is 7.25. The van der Waals surface area contributed by atoms with Crippen LogP contribution in [0.15, 0.2) is 23.3 Å². The molecule has 0 amide bonds. The van der Waals surface area contributed by atoms with Gasteiger partial charge in [0.15, 0.2) is 17.6 Å². The number of pyridine rings is 1. The molecule has 3 N–H and O–H groups in total. The molecule has 0 aliphatic carbocycles.